The zero-order valence-electron chi connectivity index (χ0n) is 24.8. The van der Waals surface area contributed by atoms with Crippen LogP contribution >= 0.6 is 0 Å². The summed E-state index contributed by atoms with van der Waals surface area (Å²) in [7, 11) is 1.27. The Bertz CT molecular complexity index is 1990. The van der Waals surface area contributed by atoms with Gasteiger partial charge in [0.1, 0.15) is 5.75 Å². The van der Waals surface area contributed by atoms with Crippen LogP contribution in [0.3, 0.4) is 0 Å². The number of hydrogen-bond acceptors (Lipinski definition) is 10. The number of phenols is 1. The number of nitrogens with zero attached hydrogens (tertiary/aromatic N) is 2. The van der Waals surface area contributed by atoms with Crippen LogP contribution in [-0.4, -0.2) is 29.3 Å². The molecule has 0 unspecified atom stereocenters. The molecule has 0 saturated carbocycles. The molecule has 11 heteroatoms. The lowest BCUT2D eigenvalue weighted by Gasteiger charge is -2.18. The fourth-order valence-electron chi connectivity index (χ4n) is 4.98. The Labute approximate surface area is 264 Å². The highest BCUT2D eigenvalue weighted by Crippen LogP contribution is 2.30. The molecule has 0 spiro atoms. The summed E-state index contributed by atoms with van der Waals surface area (Å²) in [5.74, 6) is 10.8. The first-order chi connectivity index (χ1) is 22.1. The minimum absolute atomic E-state index is 0.129. The molecule has 0 atom stereocenters. The van der Waals surface area contributed by atoms with E-state index in [2.05, 4.69) is 0 Å². The summed E-state index contributed by atoms with van der Waals surface area (Å²) in [5.41, 5.74) is 18.0. The van der Waals surface area contributed by atoms with Gasteiger partial charge in [-0.3, -0.25) is 10.0 Å². The molecule has 46 heavy (non-hydrogen) atoms. The summed E-state index contributed by atoms with van der Waals surface area (Å²) < 4.78 is 4.73. The number of hydrazine groups is 2. The van der Waals surface area contributed by atoms with Gasteiger partial charge in [0.05, 0.1) is 41.0 Å². The van der Waals surface area contributed by atoms with Crippen molar-refractivity contribution < 1.29 is 24.5 Å². The molecule has 0 aliphatic heterocycles. The summed E-state index contributed by atoms with van der Waals surface area (Å²) >= 11 is 0. The summed E-state index contributed by atoms with van der Waals surface area (Å²) in [4.78, 5) is 23.5. The molecule has 0 heterocycles. The largest absolute Gasteiger partial charge is 0.506 e. The third-order valence-corrected chi connectivity index (χ3v) is 7.41. The van der Waals surface area contributed by atoms with E-state index in [0.29, 0.717) is 33.4 Å². The first-order valence-corrected chi connectivity index (χ1v) is 14.0. The van der Waals surface area contributed by atoms with E-state index < -0.39 is 11.9 Å². The van der Waals surface area contributed by atoms with Gasteiger partial charge in [-0.1, -0.05) is 72.8 Å². The number of nitrogens with two attached hydrogens (primary N) is 4. The highest BCUT2D eigenvalue weighted by Gasteiger charge is 2.14. The molecule has 0 aromatic heterocycles. The van der Waals surface area contributed by atoms with Gasteiger partial charge in [-0.05, 0) is 58.0 Å². The van der Waals surface area contributed by atoms with Gasteiger partial charge >= 0.3 is 11.9 Å². The molecule has 0 aliphatic rings. The average Bonchev–Trinajstić information content (AvgIpc) is 3.07. The number of esters is 1. The fraction of sp³-hybridized carbons (Fsp3) is 0.0286. The second-order valence-electron chi connectivity index (χ2n) is 10.3. The number of hydrogen-bond donors (Lipinski definition) is 6. The molecule has 5 aromatic carbocycles. The number of rotatable bonds is 9. The number of methoxy groups -OCH3 is 1. The summed E-state index contributed by atoms with van der Waals surface area (Å²) in [5, 5.41) is 23.6. The van der Waals surface area contributed by atoms with E-state index in [1.165, 1.54) is 36.5 Å². The van der Waals surface area contributed by atoms with Crippen LogP contribution in [0, 0.1) is 0 Å². The Hall–Kier alpha value is -6.30. The standard InChI is InChI=1S/C35H32N6O5/c1-46-35(45)25-16-17-33(42)32(18-25)41(39)20-30(37)24-14-10-22(11-15-24)21-8-12-23(13-9-21)29(36)19-40(38)31-7-3-4-26-27(31)5-2-6-28(26)34(43)44/h2-20,42H,36-39H2,1H3,(H,43,44)/b29-19-,30-20-. The van der Waals surface area contributed by atoms with Crippen molar-refractivity contribution in [1.82, 2.24) is 0 Å². The van der Waals surface area contributed by atoms with Crippen molar-refractivity contribution in [3.63, 3.8) is 0 Å². The number of fused-ring (bicyclic) bond motifs is 1. The number of benzene rings is 5. The van der Waals surface area contributed by atoms with Crippen molar-refractivity contribution in [1.29, 1.82) is 0 Å². The van der Waals surface area contributed by atoms with Gasteiger partial charge in [-0.2, -0.15) is 0 Å². The van der Waals surface area contributed by atoms with Crippen LogP contribution in [-0.2, 0) is 4.74 Å². The number of aromatic carboxylic acids is 1. The molecule has 232 valence electrons. The van der Waals surface area contributed by atoms with E-state index >= 15 is 0 Å². The highest BCUT2D eigenvalue weighted by atomic mass is 16.5. The zero-order chi connectivity index (χ0) is 33.0. The van der Waals surface area contributed by atoms with Crippen LogP contribution in [0.1, 0.15) is 31.8 Å². The molecule has 0 radical (unpaired) electrons. The number of carbonyl (C=O) groups excluding carboxylic acids is 1. The van der Waals surface area contributed by atoms with E-state index in [0.717, 1.165) is 21.7 Å². The SMILES string of the molecule is COC(=O)c1ccc(O)c(N(N)/C=C(\N)c2ccc(-c3ccc(/C(N)=C/N(N)c4cccc5c(C(=O)O)cccc45)cc3)cc2)c1. The van der Waals surface area contributed by atoms with Crippen molar-refractivity contribution in [2.24, 2.45) is 23.2 Å². The van der Waals surface area contributed by atoms with Crippen LogP contribution in [0.25, 0.3) is 33.3 Å². The topological polar surface area (TPSA) is 194 Å². The quantitative estimate of drug-likeness (QED) is 0.0743. The number of carbonyl (C=O) groups is 2. The number of carboxylic acid groups (broad SMARTS) is 1. The van der Waals surface area contributed by atoms with Gasteiger partial charge in [-0.25, -0.2) is 21.3 Å². The first kappa shape index (κ1) is 31.1. The van der Waals surface area contributed by atoms with Crippen LogP contribution in [0.5, 0.6) is 5.75 Å². The minimum Gasteiger partial charge on any atom is -0.506 e. The van der Waals surface area contributed by atoms with E-state index in [-0.39, 0.29) is 22.6 Å². The predicted molar refractivity (Wildman–Crippen MR) is 180 cm³/mol. The Morgan fingerprint density at radius 1 is 0.674 bits per heavy atom. The van der Waals surface area contributed by atoms with Crippen LogP contribution in [0.15, 0.2) is 116 Å². The maximum Gasteiger partial charge on any atom is 0.337 e. The Morgan fingerprint density at radius 3 is 1.72 bits per heavy atom. The molecule has 0 fully saturated rings. The van der Waals surface area contributed by atoms with E-state index in [9.17, 15) is 19.8 Å². The fourth-order valence-corrected chi connectivity index (χ4v) is 4.98. The number of anilines is 2. The number of aromatic hydroxyl groups is 1. The van der Waals surface area contributed by atoms with Crippen molar-refractivity contribution in [2.45, 2.75) is 0 Å². The molecule has 11 nitrogen and oxygen atoms in total. The average molecular weight is 617 g/mol. The zero-order valence-corrected chi connectivity index (χ0v) is 24.8. The smallest absolute Gasteiger partial charge is 0.337 e. The monoisotopic (exact) mass is 616 g/mol. The van der Waals surface area contributed by atoms with Crippen LogP contribution in [0.4, 0.5) is 11.4 Å². The van der Waals surface area contributed by atoms with Crippen molar-refractivity contribution in [2.75, 3.05) is 17.1 Å². The molecule has 0 saturated heterocycles. The maximum atomic E-state index is 11.9. The normalized spacial score (nSPS) is 11.7. The van der Waals surface area contributed by atoms with Gasteiger partial charge in [-0.15, -0.1) is 0 Å². The van der Waals surface area contributed by atoms with Gasteiger partial charge in [0.15, 0.2) is 0 Å². The molecule has 10 N–H and O–H groups in total. The molecular formula is C35H32N6O5. The number of phenolic OH excluding ortho intramolecular Hbond substituents is 1. The summed E-state index contributed by atoms with van der Waals surface area (Å²) in [6.07, 6.45) is 3.03. The lowest BCUT2D eigenvalue weighted by Crippen LogP contribution is -2.26. The predicted octanol–water partition coefficient (Wildman–Crippen LogP) is 4.97. The Morgan fingerprint density at radius 2 is 1.17 bits per heavy atom. The highest BCUT2D eigenvalue weighted by molar-refractivity contribution is 6.07. The Balaban J connectivity index is 1.31. The number of carboxylic acids is 1. The van der Waals surface area contributed by atoms with Gasteiger partial charge in [0.25, 0.3) is 0 Å². The van der Waals surface area contributed by atoms with Gasteiger partial charge in [0.2, 0.25) is 0 Å². The third kappa shape index (κ3) is 6.45. The molecule has 0 aliphatic carbocycles. The van der Waals surface area contributed by atoms with Gasteiger partial charge < -0.3 is 26.4 Å². The van der Waals surface area contributed by atoms with Gasteiger partial charge in [0, 0.05) is 17.8 Å². The van der Waals surface area contributed by atoms with Crippen molar-refractivity contribution in [3.8, 4) is 16.9 Å². The van der Waals surface area contributed by atoms with Crippen LogP contribution in [0.2, 0.25) is 0 Å². The van der Waals surface area contributed by atoms with Crippen molar-refractivity contribution in [3.05, 3.63) is 138 Å². The maximum absolute atomic E-state index is 11.9. The Kier molecular flexibility index (Phi) is 8.89. The van der Waals surface area contributed by atoms with Crippen LogP contribution < -0.4 is 33.2 Å². The summed E-state index contributed by atoms with van der Waals surface area (Å²) in [6.45, 7) is 0. The molecule has 5 rings (SSSR count). The summed E-state index contributed by atoms with van der Waals surface area (Å²) in [6, 6.07) is 29.6. The van der Waals surface area contributed by atoms with E-state index in [1.807, 2.05) is 54.6 Å². The van der Waals surface area contributed by atoms with Crippen molar-refractivity contribution >= 4 is 45.5 Å². The first-order valence-electron chi connectivity index (χ1n) is 14.0. The van der Waals surface area contributed by atoms with E-state index in [1.54, 1.807) is 36.5 Å². The lowest BCUT2D eigenvalue weighted by molar-refractivity contribution is 0.0600. The molecule has 5 aromatic rings. The molecule has 0 bridgehead atoms. The molecular weight excluding hydrogens is 584 g/mol. The molecule has 0 amide bonds. The minimum atomic E-state index is -1.01. The lowest BCUT2D eigenvalue weighted by atomic mass is 10.0. The second-order valence-corrected chi connectivity index (χ2v) is 10.3. The second kappa shape index (κ2) is 13.1. The van der Waals surface area contributed by atoms with E-state index in [4.69, 9.17) is 27.9 Å². The third-order valence-electron chi connectivity index (χ3n) is 7.41. The number of ether oxygens (including phenoxy) is 1.